The summed E-state index contributed by atoms with van der Waals surface area (Å²) in [6.45, 7) is 1.95. The number of benzene rings is 2. The van der Waals surface area contributed by atoms with E-state index in [4.69, 9.17) is 0 Å². The van der Waals surface area contributed by atoms with E-state index in [1.807, 2.05) is 0 Å². The molecule has 32 heavy (non-hydrogen) atoms. The molecular weight excluding hydrogens is 450 g/mol. The van der Waals surface area contributed by atoms with E-state index in [9.17, 15) is 21.6 Å². The lowest BCUT2D eigenvalue weighted by molar-refractivity contribution is 0.0954. The van der Waals surface area contributed by atoms with Gasteiger partial charge in [-0.3, -0.25) is 9.10 Å². The molecule has 2 heterocycles. The predicted octanol–water partition coefficient (Wildman–Crippen LogP) is 1.77. The van der Waals surface area contributed by atoms with Crippen molar-refractivity contribution in [2.75, 3.05) is 36.7 Å². The maximum absolute atomic E-state index is 12.6. The highest BCUT2D eigenvalue weighted by Crippen LogP contribution is 2.30. The van der Waals surface area contributed by atoms with E-state index in [-0.39, 0.29) is 5.91 Å². The van der Waals surface area contributed by atoms with E-state index in [1.54, 1.807) is 42.5 Å². The molecule has 2 aromatic carbocycles. The number of fused-ring (bicyclic) bond motifs is 1. The van der Waals surface area contributed by atoms with Gasteiger partial charge in [0.2, 0.25) is 20.0 Å². The summed E-state index contributed by atoms with van der Waals surface area (Å²) in [5, 5.41) is 2.87. The van der Waals surface area contributed by atoms with Crippen molar-refractivity contribution in [1.82, 2.24) is 9.62 Å². The Morgan fingerprint density at radius 1 is 0.969 bits per heavy atom. The largest absolute Gasteiger partial charge is 0.352 e. The van der Waals surface area contributed by atoms with E-state index in [0.29, 0.717) is 55.2 Å². The Balaban J connectivity index is 1.33. The van der Waals surface area contributed by atoms with E-state index < -0.39 is 20.0 Å². The molecule has 0 atom stereocenters. The van der Waals surface area contributed by atoms with Gasteiger partial charge in [0.1, 0.15) is 0 Å². The minimum absolute atomic E-state index is 0.223. The van der Waals surface area contributed by atoms with Crippen LogP contribution in [0.3, 0.4) is 0 Å². The monoisotopic (exact) mass is 477 g/mol. The molecule has 172 valence electrons. The first kappa shape index (κ1) is 22.8. The van der Waals surface area contributed by atoms with Crippen LogP contribution in [0.15, 0.2) is 47.4 Å². The first-order chi connectivity index (χ1) is 15.2. The Bertz CT molecular complexity index is 1220. The minimum atomic E-state index is -3.42. The Morgan fingerprint density at radius 3 is 2.31 bits per heavy atom. The quantitative estimate of drug-likeness (QED) is 0.655. The first-order valence-electron chi connectivity index (χ1n) is 10.6. The molecule has 0 spiro atoms. The lowest BCUT2D eigenvalue weighted by atomic mass is 10.1. The van der Waals surface area contributed by atoms with Gasteiger partial charge in [-0.05, 0) is 67.1 Å². The summed E-state index contributed by atoms with van der Waals surface area (Å²) in [5.74, 6) is -0.223. The molecule has 4 rings (SSSR count). The molecule has 1 fully saturated rings. The third-order valence-electron chi connectivity index (χ3n) is 5.92. The van der Waals surface area contributed by atoms with Gasteiger partial charge in [0.25, 0.3) is 5.91 Å². The molecule has 0 aromatic heterocycles. The molecule has 0 bridgehead atoms. The molecule has 0 saturated carbocycles. The van der Waals surface area contributed by atoms with Crippen LogP contribution >= 0.6 is 0 Å². The van der Waals surface area contributed by atoms with Crippen molar-refractivity contribution in [2.24, 2.45) is 0 Å². The summed E-state index contributed by atoms with van der Waals surface area (Å²) in [6.07, 6.45) is 4.13. The Kier molecular flexibility index (Phi) is 6.28. The first-order valence-corrected chi connectivity index (χ1v) is 13.9. The summed E-state index contributed by atoms with van der Waals surface area (Å²) in [7, 11) is -6.74. The average Bonchev–Trinajstić information content (AvgIpc) is 3.43. The maximum atomic E-state index is 12.6. The maximum Gasteiger partial charge on any atom is 0.251 e. The van der Waals surface area contributed by atoms with Gasteiger partial charge in [-0.25, -0.2) is 16.8 Å². The lowest BCUT2D eigenvalue weighted by Gasteiger charge is -2.16. The highest BCUT2D eigenvalue weighted by atomic mass is 32.2. The summed E-state index contributed by atoms with van der Waals surface area (Å²) in [4.78, 5) is 12.8. The molecule has 0 radical (unpaired) electrons. The van der Waals surface area contributed by atoms with Crippen LogP contribution in [0.4, 0.5) is 5.69 Å². The molecule has 1 amide bonds. The summed E-state index contributed by atoms with van der Waals surface area (Å²) < 4.78 is 51.8. The molecule has 0 unspecified atom stereocenters. The normalized spacial score (nSPS) is 16.8. The van der Waals surface area contributed by atoms with E-state index in [1.165, 1.54) is 14.9 Å². The van der Waals surface area contributed by atoms with Crippen LogP contribution in [0.2, 0.25) is 0 Å². The summed E-state index contributed by atoms with van der Waals surface area (Å²) in [6, 6.07) is 11.9. The smallest absolute Gasteiger partial charge is 0.251 e. The number of carbonyl (C=O) groups excluding carboxylic acids is 1. The fraction of sp³-hybridized carbons (Fsp3) is 0.409. The highest BCUT2D eigenvalue weighted by molar-refractivity contribution is 7.92. The fourth-order valence-corrected chi connectivity index (χ4v) is 6.66. The number of carbonyl (C=O) groups is 1. The Morgan fingerprint density at radius 2 is 1.66 bits per heavy atom. The van der Waals surface area contributed by atoms with E-state index in [2.05, 4.69) is 5.32 Å². The third-order valence-corrected chi connectivity index (χ3v) is 9.01. The third kappa shape index (κ3) is 4.67. The van der Waals surface area contributed by atoms with Crippen LogP contribution in [0.25, 0.3) is 0 Å². The number of amides is 1. The SMILES string of the molecule is CS(=O)(=O)N1CCc2cc(C(=O)NCCc3ccc(S(=O)(=O)N4CCCC4)cc3)ccc21. The van der Waals surface area contributed by atoms with Crippen LogP contribution in [-0.4, -0.2) is 59.5 Å². The van der Waals surface area contributed by atoms with Gasteiger partial charge in [-0.15, -0.1) is 0 Å². The van der Waals surface area contributed by atoms with Gasteiger partial charge >= 0.3 is 0 Å². The second kappa shape index (κ2) is 8.84. The molecule has 0 aliphatic carbocycles. The van der Waals surface area contributed by atoms with Crippen molar-refractivity contribution in [1.29, 1.82) is 0 Å². The predicted molar refractivity (Wildman–Crippen MR) is 123 cm³/mol. The van der Waals surface area contributed by atoms with Gasteiger partial charge in [0, 0.05) is 31.7 Å². The van der Waals surface area contributed by atoms with Crippen molar-refractivity contribution in [3.05, 3.63) is 59.2 Å². The number of nitrogens with zero attached hydrogens (tertiary/aromatic N) is 2. The molecule has 1 saturated heterocycles. The second-order valence-corrected chi connectivity index (χ2v) is 12.0. The molecule has 2 aliphatic heterocycles. The molecule has 10 heteroatoms. The van der Waals surface area contributed by atoms with Crippen LogP contribution in [-0.2, 0) is 32.9 Å². The van der Waals surface area contributed by atoms with Crippen molar-refractivity contribution in [2.45, 2.75) is 30.6 Å². The minimum Gasteiger partial charge on any atom is -0.352 e. The Labute approximate surface area is 189 Å². The number of hydrogen-bond donors (Lipinski definition) is 1. The number of anilines is 1. The molecule has 8 nitrogen and oxygen atoms in total. The average molecular weight is 478 g/mol. The lowest BCUT2D eigenvalue weighted by Crippen LogP contribution is -2.28. The van der Waals surface area contributed by atoms with Crippen molar-refractivity contribution >= 4 is 31.6 Å². The number of rotatable bonds is 7. The standard InChI is InChI=1S/C22H27N3O5S2/c1-31(27,28)25-15-11-18-16-19(6-9-21(18)25)22(26)23-12-10-17-4-7-20(8-5-17)32(29,30)24-13-2-3-14-24/h4-9,16H,2-3,10-15H2,1H3,(H,23,26). The topological polar surface area (TPSA) is 104 Å². The van der Waals surface area contributed by atoms with Gasteiger partial charge in [0.15, 0.2) is 0 Å². The molecule has 1 N–H and O–H groups in total. The number of nitrogens with one attached hydrogen (secondary N) is 1. The zero-order valence-electron chi connectivity index (χ0n) is 18.0. The van der Waals surface area contributed by atoms with Gasteiger partial charge in [-0.1, -0.05) is 12.1 Å². The fourth-order valence-electron chi connectivity index (χ4n) is 4.19. The van der Waals surface area contributed by atoms with Gasteiger partial charge in [-0.2, -0.15) is 4.31 Å². The van der Waals surface area contributed by atoms with Crippen LogP contribution in [0, 0.1) is 0 Å². The van der Waals surface area contributed by atoms with Crippen LogP contribution in [0.5, 0.6) is 0 Å². The molecular formula is C22H27N3O5S2. The van der Waals surface area contributed by atoms with Crippen LogP contribution in [0.1, 0.15) is 34.3 Å². The van der Waals surface area contributed by atoms with Gasteiger partial charge in [0.05, 0.1) is 16.8 Å². The zero-order chi connectivity index (χ0) is 22.9. The number of hydrogen-bond acceptors (Lipinski definition) is 5. The summed E-state index contributed by atoms with van der Waals surface area (Å²) in [5.41, 5.74) is 2.90. The van der Waals surface area contributed by atoms with E-state index in [0.717, 1.165) is 24.0 Å². The Hall–Kier alpha value is -2.43. The van der Waals surface area contributed by atoms with Crippen molar-refractivity contribution in [3.63, 3.8) is 0 Å². The zero-order valence-corrected chi connectivity index (χ0v) is 19.6. The highest BCUT2D eigenvalue weighted by Gasteiger charge is 2.28. The van der Waals surface area contributed by atoms with E-state index >= 15 is 0 Å². The van der Waals surface area contributed by atoms with Crippen LogP contribution < -0.4 is 9.62 Å². The van der Waals surface area contributed by atoms with Gasteiger partial charge < -0.3 is 5.32 Å². The van der Waals surface area contributed by atoms with Crippen molar-refractivity contribution < 1.29 is 21.6 Å². The molecule has 2 aromatic rings. The summed E-state index contributed by atoms with van der Waals surface area (Å²) >= 11 is 0. The number of sulfonamides is 2. The second-order valence-electron chi connectivity index (χ2n) is 8.19. The molecule has 2 aliphatic rings. The van der Waals surface area contributed by atoms with Crippen molar-refractivity contribution in [3.8, 4) is 0 Å².